The number of rotatable bonds is 3. The van der Waals surface area contributed by atoms with Crippen LogP contribution in [0.4, 0.5) is 5.69 Å². The number of aliphatic hydroxyl groups excluding tert-OH is 1. The molecule has 1 aromatic rings. The normalized spacial score (nSPS) is 21.2. The minimum atomic E-state index is -0.585. The number of amides is 2. The molecule has 0 spiro atoms. The molecule has 102 valence electrons. The Kier molecular flexibility index (Phi) is 3.80. The minimum absolute atomic E-state index is 0.129. The van der Waals surface area contributed by atoms with Crippen LogP contribution in [0.2, 0.25) is 0 Å². The van der Waals surface area contributed by atoms with Gasteiger partial charge in [0.05, 0.1) is 30.2 Å². The van der Waals surface area contributed by atoms with Gasteiger partial charge in [0.15, 0.2) is 0 Å². The Morgan fingerprint density at radius 3 is 2.84 bits per heavy atom. The van der Waals surface area contributed by atoms with Gasteiger partial charge in [0.1, 0.15) is 6.04 Å². The Bertz CT molecular complexity index is 486. The maximum absolute atomic E-state index is 11.6. The summed E-state index contributed by atoms with van der Waals surface area (Å²) >= 11 is 0. The van der Waals surface area contributed by atoms with Crippen LogP contribution >= 0.6 is 0 Å². The highest BCUT2D eigenvalue weighted by molar-refractivity contribution is 6.04. The number of hydrogen-bond donors (Lipinski definition) is 2. The number of anilines is 1. The monoisotopic (exact) mass is 263 g/mol. The number of aromatic nitrogens is 1. The van der Waals surface area contributed by atoms with Crippen molar-refractivity contribution < 1.29 is 14.7 Å². The number of carbonyl (C=O) groups is 2. The molecular formula is C13H17N3O3. The number of hydrogen-bond acceptors (Lipinski definition) is 5. The Balaban J connectivity index is 2.21. The van der Waals surface area contributed by atoms with Gasteiger partial charge in [-0.05, 0) is 25.5 Å². The summed E-state index contributed by atoms with van der Waals surface area (Å²) in [4.78, 5) is 28.8. The van der Waals surface area contributed by atoms with Crippen LogP contribution in [-0.4, -0.2) is 34.5 Å². The number of piperazine rings is 1. The highest BCUT2D eigenvalue weighted by atomic mass is 16.3. The molecule has 1 aliphatic rings. The van der Waals surface area contributed by atoms with Crippen molar-refractivity contribution in [2.75, 3.05) is 11.4 Å². The average molecular weight is 263 g/mol. The topological polar surface area (TPSA) is 82.5 Å². The summed E-state index contributed by atoms with van der Waals surface area (Å²) in [5, 5.41) is 12.0. The van der Waals surface area contributed by atoms with E-state index in [1.54, 1.807) is 30.2 Å². The number of aliphatic hydroxyl groups is 1. The summed E-state index contributed by atoms with van der Waals surface area (Å²) in [7, 11) is 0. The third-order valence-electron chi connectivity index (χ3n) is 3.25. The minimum Gasteiger partial charge on any atom is -0.387 e. The highest BCUT2D eigenvalue weighted by Crippen LogP contribution is 2.21. The molecule has 2 N–H and O–H groups in total. The van der Waals surface area contributed by atoms with Crippen LogP contribution in [0.5, 0.6) is 0 Å². The summed E-state index contributed by atoms with van der Waals surface area (Å²) < 4.78 is 0. The molecule has 1 aliphatic heterocycles. The van der Waals surface area contributed by atoms with Gasteiger partial charge in [-0.3, -0.25) is 19.9 Å². The molecule has 1 unspecified atom stereocenters. The fraction of sp³-hybridized carbons (Fsp3) is 0.462. The van der Waals surface area contributed by atoms with Gasteiger partial charge < -0.3 is 10.0 Å². The summed E-state index contributed by atoms with van der Waals surface area (Å²) in [6, 6.07) is 3.07. The van der Waals surface area contributed by atoms with Crippen LogP contribution in [0.3, 0.4) is 0 Å². The van der Waals surface area contributed by atoms with E-state index < -0.39 is 12.1 Å². The lowest BCUT2D eigenvalue weighted by Crippen LogP contribution is -2.57. The van der Waals surface area contributed by atoms with Gasteiger partial charge >= 0.3 is 0 Å². The van der Waals surface area contributed by atoms with E-state index in [4.69, 9.17) is 0 Å². The van der Waals surface area contributed by atoms with Crippen molar-refractivity contribution in [2.24, 2.45) is 0 Å². The molecule has 0 bridgehead atoms. The Hall–Kier alpha value is -1.95. The lowest BCUT2D eigenvalue weighted by atomic mass is 10.1. The van der Waals surface area contributed by atoms with E-state index in [-0.39, 0.29) is 18.4 Å². The van der Waals surface area contributed by atoms with E-state index in [2.05, 4.69) is 10.3 Å². The third kappa shape index (κ3) is 2.73. The zero-order valence-electron chi connectivity index (χ0n) is 11.0. The van der Waals surface area contributed by atoms with E-state index in [9.17, 15) is 14.7 Å². The number of nitrogens with zero attached hydrogens (tertiary/aromatic N) is 2. The second-order valence-electron chi connectivity index (χ2n) is 4.58. The van der Waals surface area contributed by atoms with Crippen LogP contribution in [-0.2, 0) is 9.59 Å². The molecule has 1 aromatic heterocycles. The molecule has 6 heteroatoms. The maximum Gasteiger partial charge on any atom is 0.249 e. The lowest BCUT2D eigenvalue weighted by molar-refractivity contribution is -0.132. The Morgan fingerprint density at radius 2 is 2.26 bits per heavy atom. The zero-order chi connectivity index (χ0) is 14.0. The van der Waals surface area contributed by atoms with E-state index >= 15 is 0 Å². The van der Waals surface area contributed by atoms with Gasteiger partial charge in [0.25, 0.3) is 0 Å². The first-order valence-electron chi connectivity index (χ1n) is 6.27. The van der Waals surface area contributed by atoms with Crippen molar-refractivity contribution in [2.45, 2.75) is 32.4 Å². The first-order chi connectivity index (χ1) is 9.02. The van der Waals surface area contributed by atoms with Gasteiger partial charge in [-0.2, -0.15) is 0 Å². The van der Waals surface area contributed by atoms with Crippen LogP contribution in [0.1, 0.15) is 32.1 Å². The maximum atomic E-state index is 11.6. The highest BCUT2D eigenvalue weighted by Gasteiger charge is 2.30. The van der Waals surface area contributed by atoms with Crippen LogP contribution in [0, 0.1) is 0 Å². The van der Waals surface area contributed by atoms with Crippen LogP contribution in [0.25, 0.3) is 0 Å². The smallest absolute Gasteiger partial charge is 0.249 e. The number of nitrogens with one attached hydrogen (secondary N) is 1. The molecule has 2 atom stereocenters. The quantitative estimate of drug-likeness (QED) is 0.770. The van der Waals surface area contributed by atoms with E-state index in [0.29, 0.717) is 17.8 Å². The van der Waals surface area contributed by atoms with Crippen molar-refractivity contribution in [1.82, 2.24) is 10.3 Å². The fourth-order valence-electron chi connectivity index (χ4n) is 2.00. The van der Waals surface area contributed by atoms with Gasteiger partial charge in [0.2, 0.25) is 11.8 Å². The molecule has 0 aliphatic carbocycles. The molecule has 1 fully saturated rings. The summed E-state index contributed by atoms with van der Waals surface area (Å²) in [6.45, 7) is 3.73. The molecule has 1 saturated heterocycles. The van der Waals surface area contributed by atoms with Gasteiger partial charge in [-0.25, -0.2) is 0 Å². The number of imide groups is 1. The van der Waals surface area contributed by atoms with E-state index in [0.717, 1.165) is 0 Å². The molecule has 2 heterocycles. The van der Waals surface area contributed by atoms with E-state index in [1.807, 2.05) is 6.92 Å². The first-order valence-corrected chi connectivity index (χ1v) is 6.27. The predicted octanol–water partition coefficient (Wildman–Crippen LogP) is 0.376. The molecule has 2 amide bonds. The van der Waals surface area contributed by atoms with Crippen LogP contribution < -0.4 is 10.2 Å². The van der Waals surface area contributed by atoms with Gasteiger partial charge in [0, 0.05) is 0 Å². The molecule has 0 saturated carbocycles. The summed E-state index contributed by atoms with van der Waals surface area (Å²) in [6.07, 6.45) is 1.59. The van der Waals surface area contributed by atoms with Crippen molar-refractivity contribution in [3.63, 3.8) is 0 Å². The second kappa shape index (κ2) is 5.36. The molecule has 19 heavy (non-hydrogen) atoms. The van der Waals surface area contributed by atoms with Crippen molar-refractivity contribution in [1.29, 1.82) is 0 Å². The third-order valence-corrected chi connectivity index (χ3v) is 3.25. The Morgan fingerprint density at radius 1 is 1.53 bits per heavy atom. The second-order valence-corrected chi connectivity index (χ2v) is 4.58. The van der Waals surface area contributed by atoms with Gasteiger partial charge in [-0.15, -0.1) is 0 Å². The van der Waals surface area contributed by atoms with Gasteiger partial charge in [-0.1, -0.05) is 6.92 Å². The van der Waals surface area contributed by atoms with Crippen molar-refractivity contribution >= 4 is 17.5 Å². The number of pyridine rings is 1. The standard InChI is InChI=1S/C13H17N3O3/c1-3-11(17)10-5-4-9(6-14-10)16-7-12(18)15-13(19)8(16)2/h4-6,8,11,17H,3,7H2,1-2H3,(H,15,18,19)/t8?,11-/m0/s1. The van der Waals surface area contributed by atoms with Crippen molar-refractivity contribution in [3.8, 4) is 0 Å². The first kappa shape index (κ1) is 13.5. The fourth-order valence-corrected chi connectivity index (χ4v) is 2.00. The largest absolute Gasteiger partial charge is 0.387 e. The molecule has 0 aromatic carbocycles. The number of carbonyl (C=O) groups excluding carboxylic acids is 2. The average Bonchev–Trinajstić information content (AvgIpc) is 2.42. The molecule has 6 nitrogen and oxygen atoms in total. The molecule has 0 radical (unpaired) electrons. The Labute approximate surface area is 111 Å². The predicted molar refractivity (Wildman–Crippen MR) is 69.4 cm³/mol. The van der Waals surface area contributed by atoms with Crippen molar-refractivity contribution in [3.05, 3.63) is 24.0 Å². The summed E-state index contributed by atoms with van der Waals surface area (Å²) in [5.74, 6) is -0.630. The van der Waals surface area contributed by atoms with Crippen LogP contribution in [0.15, 0.2) is 18.3 Å². The van der Waals surface area contributed by atoms with E-state index in [1.165, 1.54) is 0 Å². The lowest BCUT2D eigenvalue weighted by Gasteiger charge is -2.33. The molecule has 2 rings (SSSR count). The zero-order valence-corrected chi connectivity index (χ0v) is 11.0. The SMILES string of the molecule is CC[C@H](O)c1ccc(N2CC(=O)NC(=O)C2C)cn1. The molecular weight excluding hydrogens is 246 g/mol. The summed E-state index contributed by atoms with van der Waals surface area (Å²) in [5.41, 5.74) is 1.29.